The van der Waals surface area contributed by atoms with Gasteiger partial charge in [0.05, 0.1) is 18.0 Å². The molecule has 0 atom stereocenters. The smallest absolute Gasteiger partial charge is 0.267 e. The second-order valence-corrected chi connectivity index (χ2v) is 8.43. The van der Waals surface area contributed by atoms with Gasteiger partial charge in [-0.25, -0.2) is 22.5 Å². The minimum Gasteiger partial charge on any atom is -0.455 e. The van der Waals surface area contributed by atoms with Crippen LogP contribution >= 0.6 is 11.6 Å². The first-order valence-corrected chi connectivity index (χ1v) is 10.8. The molecule has 3 rings (SSSR count). The van der Waals surface area contributed by atoms with Crippen LogP contribution in [-0.4, -0.2) is 25.6 Å². The highest BCUT2D eigenvalue weighted by Gasteiger charge is 2.18. The number of nitrogens with zero attached hydrogens (tertiary/aromatic N) is 1. The maximum atomic E-state index is 14.3. The molecule has 1 N–H and O–H groups in total. The second kappa shape index (κ2) is 8.68. The largest absolute Gasteiger partial charge is 0.455 e. The van der Waals surface area contributed by atoms with Crippen molar-refractivity contribution < 1.29 is 27.1 Å². The molecular weight excluding hydrogens is 435 g/mol. The van der Waals surface area contributed by atoms with Crippen LogP contribution in [0.4, 0.5) is 4.39 Å². The van der Waals surface area contributed by atoms with E-state index in [9.17, 15) is 17.6 Å². The molecule has 0 bridgehead atoms. The first kappa shape index (κ1) is 21.5. The SMILES string of the molecule is Cc1cc(C(=O)NS(C)(=O)=O)c(F)cc1Oc1cnc(Oc2ccccc2)c(Cl)c1. The van der Waals surface area contributed by atoms with Gasteiger partial charge in [-0.1, -0.05) is 29.8 Å². The van der Waals surface area contributed by atoms with Gasteiger partial charge in [0.25, 0.3) is 5.91 Å². The molecule has 0 aliphatic carbocycles. The summed E-state index contributed by atoms with van der Waals surface area (Å²) < 4.78 is 49.6. The Bertz CT molecular complexity index is 1200. The zero-order valence-electron chi connectivity index (χ0n) is 15.8. The lowest BCUT2D eigenvalue weighted by Gasteiger charge is -2.12. The maximum absolute atomic E-state index is 14.3. The molecule has 0 spiro atoms. The Labute approximate surface area is 177 Å². The van der Waals surface area contributed by atoms with E-state index < -0.39 is 27.3 Å². The van der Waals surface area contributed by atoms with Crippen molar-refractivity contribution in [3.63, 3.8) is 0 Å². The molecule has 156 valence electrons. The third kappa shape index (κ3) is 5.46. The summed E-state index contributed by atoms with van der Waals surface area (Å²) >= 11 is 6.19. The predicted molar refractivity (Wildman–Crippen MR) is 109 cm³/mol. The van der Waals surface area contributed by atoms with Crippen molar-refractivity contribution in [1.29, 1.82) is 0 Å². The normalized spacial score (nSPS) is 11.1. The average Bonchev–Trinajstić information content (AvgIpc) is 2.66. The highest BCUT2D eigenvalue weighted by atomic mass is 35.5. The summed E-state index contributed by atoms with van der Waals surface area (Å²) in [6.07, 6.45) is 2.15. The molecule has 0 aliphatic rings. The number of carbonyl (C=O) groups is 1. The quantitative estimate of drug-likeness (QED) is 0.596. The third-order valence-corrected chi connectivity index (χ3v) is 4.58. The number of aromatic nitrogens is 1. The third-order valence-electron chi connectivity index (χ3n) is 3.76. The molecule has 1 amide bonds. The number of carbonyl (C=O) groups excluding carboxylic acids is 1. The summed E-state index contributed by atoms with van der Waals surface area (Å²) in [5.74, 6) is -0.960. The van der Waals surface area contributed by atoms with Gasteiger partial charge in [-0.3, -0.25) is 4.79 Å². The molecule has 3 aromatic rings. The summed E-state index contributed by atoms with van der Waals surface area (Å²) in [5.41, 5.74) is -0.0242. The second-order valence-electron chi connectivity index (χ2n) is 6.28. The van der Waals surface area contributed by atoms with Gasteiger partial charge in [0, 0.05) is 12.1 Å². The Morgan fingerprint density at radius 3 is 2.43 bits per heavy atom. The Morgan fingerprint density at radius 2 is 1.80 bits per heavy atom. The topological polar surface area (TPSA) is 94.6 Å². The van der Waals surface area contributed by atoms with Crippen molar-refractivity contribution in [3.8, 4) is 23.1 Å². The van der Waals surface area contributed by atoms with E-state index in [1.54, 1.807) is 35.9 Å². The fourth-order valence-corrected chi connectivity index (χ4v) is 3.08. The highest BCUT2D eigenvalue weighted by molar-refractivity contribution is 7.89. The molecule has 1 heterocycles. The van der Waals surface area contributed by atoms with E-state index in [4.69, 9.17) is 21.1 Å². The number of ether oxygens (including phenoxy) is 2. The minimum atomic E-state index is -3.82. The molecule has 30 heavy (non-hydrogen) atoms. The average molecular weight is 451 g/mol. The fraction of sp³-hybridized carbons (Fsp3) is 0.100. The summed E-state index contributed by atoms with van der Waals surface area (Å²) in [7, 11) is -3.82. The zero-order chi connectivity index (χ0) is 21.9. The highest BCUT2D eigenvalue weighted by Crippen LogP contribution is 2.33. The van der Waals surface area contributed by atoms with Gasteiger partial charge < -0.3 is 9.47 Å². The summed E-state index contributed by atoms with van der Waals surface area (Å²) in [4.78, 5) is 16.0. The summed E-state index contributed by atoms with van der Waals surface area (Å²) in [6, 6.07) is 12.6. The monoisotopic (exact) mass is 450 g/mol. The first-order chi connectivity index (χ1) is 14.1. The van der Waals surface area contributed by atoms with E-state index in [1.807, 2.05) is 6.07 Å². The Hall–Kier alpha value is -3.17. The molecule has 0 aliphatic heterocycles. The van der Waals surface area contributed by atoms with Crippen LogP contribution in [0.25, 0.3) is 0 Å². The standard InChI is InChI=1S/C20H16ClFN2O5S/c1-12-8-15(19(25)24-30(2,26)27)17(22)10-18(12)28-14-9-16(21)20(23-11-14)29-13-6-4-3-5-7-13/h3-11H,1-2H3,(H,24,25). The number of hydrogen-bond acceptors (Lipinski definition) is 6. The van der Waals surface area contributed by atoms with Crippen molar-refractivity contribution in [2.45, 2.75) is 6.92 Å². The van der Waals surface area contributed by atoms with Gasteiger partial charge in [0.15, 0.2) is 0 Å². The van der Waals surface area contributed by atoms with Gasteiger partial charge in [0.1, 0.15) is 28.1 Å². The number of rotatable bonds is 6. The molecule has 0 unspecified atom stereocenters. The van der Waals surface area contributed by atoms with E-state index in [2.05, 4.69) is 4.98 Å². The Balaban J connectivity index is 1.80. The van der Waals surface area contributed by atoms with Crippen LogP contribution in [0.2, 0.25) is 5.02 Å². The number of halogens is 2. The van der Waals surface area contributed by atoms with Crippen LogP contribution in [0.15, 0.2) is 54.7 Å². The Morgan fingerprint density at radius 1 is 1.10 bits per heavy atom. The first-order valence-electron chi connectivity index (χ1n) is 8.51. The van der Waals surface area contributed by atoms with Crippen molar-refractivity contribution in [1.82, 2.24) is 9.71 Å². The number of benzene rings is 2. The van der Waals surface area contributed by atoms with Crippen molar-refractivity contribution >= 4 is 27.5 Å². The molecular formula is C20H16ClFN2O5S. The number of amides is 1. The van der Waals surface area contributed by atoms with Crippen molar-refractivity contribution in [2.75, 3.05) is 6.26 Å². The number of nitrogens with one attached hydrogen (secondary N) is 1. The van der Waals surface area contributed by atoms with Gasteiger partial charge in [0.2, 0.25) is 15.9 Å². The van der Waals surface area contributed by atoms with Crippen molar-refractivity contribution in [2.24, 2.45) is 0 Å². The van der Waals surface area contributed by atoms with E-state index in [0.29, 0.717) is 11.3 Å². The zero-order valence-corrected chi connectivity index (χ0v) is 17.4. The molecule has 10 heteroatoms. The van der Waals surface area contributed by atoms with Crippen LogP contribution in [-0.2, 0) is 10.0 Å². The Kier molecular flexibility index (Phi) is 6.23. The van der Waals surface area contributed by atoms with Crippen LogP contribution in [0.5, 0.6) is 23.1 Å². The summed E-state index contributed by atoms with van der Waals surface area (Å²) in [6.45, 7) is 1.58. The van der Waals surface area contributed by atoms with E-state index in [0.717, 1.165) is 12.3 Å². The molecule has 0 fully saturated rings. The number of aryl methyl sites for hydroxylation is 1. The van der Waals surface area contributed by atoms with E-state index in [1.165, 1.54) is 18.3 Å². The lowest BCUT2D eigenvalue weighted by atomic mass is 10.1. The predicted octanol–water partition coefficient (Wildman–Crippen LogP) is 4.46. The number of pyridine rings is 1. The number of sulfonamides is 1. The van der Waals surface area contributed by atoms with Crippen LogP contribution in [0.1, 0.15) is 15.9 Å². The molecule has 2 aromatic carbocycles. The van der Waals surface area contributed by atoms with Gasteiger partial charge in [-0.15, -0.1) is 0 Å². The molecule has 0 saturated heterocycles. The van der Waals surface area contributed by atoms with E-state index >= 15 is 0 Å². The molecule has 1 aromatic heterocycles. The lowest BCUT2D eigenvalue weighted by molar-refractivity contribution is 0.0977. The van der Waals surface area contributed by atoms with Crippen LogP contribution in [0.3, 0.4) is 0 Å². The van der Waals surface area contributed by atoms with Crippen molar-refractivity contribution in [3.05, 3.63) is 76.7 Å². The van der Waals surface area contributed by atoms with E-state index in [-0.39, 0.29) is 22.4 Å². The summed E-state index contributed by atoms with van der Waals surface area (Å²) in [5, 5.41) is 0.179. The molecule has 0 radical (unpaired) electrons. The lowest BCUT2D eigenvalue weighted by Crippen LogP contribution is -2.30. The minimum absolute atomic E-state index is 0.109. The number of hydrogen-bond donors (Lipinski definition) is 1. The molecule has 0 saturated carbocycles. The number of para-hydroxylation sites is 1. The van der Waals surface area contributed by atoms with Gasteiger partial charge in [-0.05, 0) is 30.7 Å². The fourth-order valence-electron chi connectivity index (χ4n) is 2.44. The maximum Gasteiger partial charge on any atom is 0.267 e. The van der Waals surface area contributed by atoms with Gasteiger partial charge >= 0.3 is 0 Å². The van der Waals surface area contributed by atoms with Crippen LogP contribution in [0, 0.1) is 12.7 Å². The molecule has 7 nitrogen and oxygen atoms in total. The van der Waals surface area contributed by atoms with Crippen LogP contribution < -0.4 is 14.2 Å². The van der Waals surface area contributed by atoms with Gasteiger partial charge in [-0.2, -0.15) is 0 Å².